The van der Waals surface area contributed by atoms with Crippen LogP contribution in [-0.2, 0) is 0 Å². The normalized spacial score (nSPS) is 9.44. The van der Waals surface area contributed by atoms with Gasteiger partial charge in [-0.2, -0.15) is 0 Å². The first kappa shape index (κ1) is 8.34. The van der Waals surface area contributed by atoms with Gasteiger partial charge in [0, 0.05) is 5.57 Å². The van der Waals surface area contributed by atoms with E-state index in [9.17, 15) is 8.78 Å². The third kappa shape index (κ3) is 3.88. The van der Waals surface area contributed by atoms with Crippen molar-refractivity contribution in [2.45, 2.75) is 20.3 Å². The van der Waals surface area contributed by atoms with E-state index in [0.717, 1.165) is 5.57 Å². The zero-order chi connectivity index (χ0) is 7.44. The molecule has 0 aromatic carbocycles. The fraction of sp³-hybridized carbons (Fsp3) is 0.429. The largest absolute Gasteiger partial charge is 0.263 e. The van der Waals surface area contributed by atoms with E-state index in [-0.39, 0.29) is 5.57 Å². The van der Waals surface area contributed by atoms with Crippen LogP contribution in [0, 0.1) is 0 Å². The highest BCUT2D eigenvalue weighted by molar-refractivity contribution is 5.20. The molecule has 0 saturated heterocycles. The summed E-state index contributed by atoms with van der Waals surface area (Å²) in [4.78, 5) is 0. The smallest absolute Gasteiger partial charge is 0.205 e. The fourth-order valence-electron chi connectivity index (χ4n) is 0.434. The van der Waals surface area contributed by atoms with Crippen LogP contribution in [0.4, 0.5) is 8.78 Å². The van der Waals surface area contributed by atoms with Crippen LogP contribution in [0.15, 0.2) is 23.8 Å². The van der Waals surface area contributed by atoms with Crippen LogP contribution >= 0.6 is 0 Å². The van der Waals surface area contributed by atoms with Crippen LogP contribution in [-0.4, -0.2) is 6.43 Å². The molecule has 0 radical (unpaired) electrons. The number of allylic oxidation sites excluding steroid dienone is 3. The first-order valence-corrected chi connectivity index (χ1v) is 2.66. The SMILES string of the molecule is C=C(C=C(C)C)C(F)F. The molecule has 0 heterocycles. The lowest BCUT2D eigenvalue weighted by atomic mass is 10.2. The summed E-state index contributed by atoms with van der Waals surface area (Å²) in [6, 6.07) is 0. The molecule has 0 atom stereocenters. The van der Waals surface area contributed by atoms with Crippen molar-refractivity contribution in [3.63, 3.8) is 0 Å². The van der Waals surface area contributed by atoms with E-state index < -0.39 is 6.43 Å². The lowest BCUT2D eigenvalue weighted by Gasteiger charge is -1.95. The molecule has 0 bridgehead atoms. The Morgan fingerprint density at radius 1 is 1.44 bits per heavy atom. The van der Waals surface area contributed by atoms with Crippen LogP contribution < -0.4 is 0 Å². The van der Waals surface area contributed by atoms with Crippen molar-refractivity contribution in [2.24, 2.45) is 0 Å². The minimum Gasteiger partial charge on any atom is -0.205 e. The summed E-state index contributed by atoms with van der Waals surface area (Å²) < 4.78 is 23.3. The Kier molecular flexibility index (Phi) is 3.13. The van der Waals surface area contributed by atoms with Crippen molar-refractivity contribution >= 4 is 0 Å². The predicted octanol–water partition coefficient (Wildman–Crippen LogP) is 2.77. The highest BCUT2D eigenvalue weighted by Gasteiger charge is 2.03. The Morgan fingerprint density at radius 3 is 2.00 bits per heavy atom. The second kappa shape index (κ2) is 3.38. The summed E-state index contributed by atoms with van der Waals surface area (Å²) >= 11 is 0. The van der Waals surface area contributed by atoms with E-state index >= 15 is 0 Å². The molecule has 9 heavy (non-hydrogen) atoms. The highest BCUT2D eigenvalue weighted by Crippen LogP contribution is 2.08. The van der Waals surface area contributed by atoms with Crippen LogP contribution in [0.5, 0.6) is 0 Å². The van der Waals surface area contributed by atoms with Crippen molar-refractivity contribution in [1.82, 2.24) is 0 Å². The van der Waals surface area contributed by atoms with Crippen LogP contribution in [0.3, 0.4) is 0 Å². The number of alkyl halides is 2. The molecule has 0 aliphatic heterocycles. The van der Waals surface area contributed by atoms with Gasteiger partial charge in [-0.15, -0.1) is 0 Å². The molecule has 0 spiro atoms. The zero-order valence-corrected chi connectivity index (χ0v) is 5.62. The zero-order valence-electron chi connectivity index (χ0n) is 5.62. The fourth-order valence-corrected chi connectivity index (χ4v) is 0.434. The minimum atomic E-state index is -2.42. The lowest BCUT2D eigenvalue weighted by Crippen LogP contribution is -1.90. The molecular formula is C7H10F2. The number of hydrogen-bond donors (Lipinski definition) is 0. The van der Waals surface area contributed by atoms with Crippen molar-refractivity contribution < 1.29 is 8.78 Å². The first-order chi connectivity index (χ1) is 4.04. The standard InChI is InChI=1S/C7H10F2/c1-5(2)4-6(3)7(8)9/h4,7H,3H2,1-2H3. The Labute approximate surface area is 53.9 Å². The van der Waals surface area contributed by atoms with E-state index in [1.807, 2.05) is 0 Å². The van der Waals surface area contributed by atoms with Gasteiger partial charge in [0.2, 0.25) is 0 Å². The van der Waals surface area contributed by atoms with Gasteiger partial charge in [0.25, 0.3) is 6.43 Å². The molecule has 52 valence electrons. The third-order valence-corrected chi connectivity index (χ3v) is 0.754. The van der Waals surface area contributed by atoms with Gasteiger partial charge in [0.15, 0.2) is 0 Å². The second-order valence-electron chi connectivity index (χ2n) is 2.10. The van der Waals surface area contributed by atoms with Crippen molar-refractivity contribution in [1.29, 1.82) is 0 Å². The molecule has 0 saturated carbocycles. The summed E-state index contributed by atoms with van der Waals surface area (Å²) in [5.41, 5.74) is 0.732. The molecular weight excluding hydrogens is 122 g/mol. The topological polar surface area (TPSA) is 0 Å². The predicted molar refractivity (Wildman–Crippen MR) is 34.6 cm³/mol. The van der Waals surface area contributed by atoms with Crippen LogP contribution in [0.1, 0.15) is 13.8 Å². The second-order valence-corrected chi connectivity index (χ2v) is 2.10. The van der Waals surface area contributed by atoms with Gasteiger partial charge in [-0.25, -0.2) is 8.78 Å². The maximum Gasteiger partial charge on any atom is 0.263 e. The molecule has 0 aliphatic carbocycles. The highest BCUT2D eigenvalue weighted by atomic mass is 19.3. The molecule has 0 aromatic heterocycles. The molecule has 0 nitrogen and oxygen atoms in total. The molecule has 0 N–H and O–H groups in total. The third-order valence-electron chi connectivity index (χ3n) is 0.754. The molecule has 0 amide bonds. The van der Waals surface area contributed by atoms with E-state index in [1.165, 1.54) is 6.08 Å². The summed E-state index contributed by atoms with van der Waals surface area (Å²) in [5.74, 6) is 0. The number of rotatable bonds is 2. The molecule has 0 aromatic rings. The number of hydrogen-bond acceptors (Lipinski definition) is 0. The Balaban J connectivity index is 3.93. The van der Waals surface area contributed by atoms with E-state index in [2.05, 4.69) is 6.58 Å². The quantitative estimate of drug-likeness (QED) is 0.507. The van der Waals surface area contributed by atoms with E-state index in [1.54, 1.807) is 13.8 Å². The Hall–Kier alpha value is -0.660. The van der Waals surface area contributed by atoms with E-state index in [4.69, 9.17) is 0 Å². The van der Waals surface area contributed by atoms with Gasteiger partial charge in [-0.1, -0.05) is 18.2 Å². The summed E-state index contributed by atoms with van der Waals surface area (Å²) in [5, 5.41) is 0. The lowest BCUT2D eigenvalue weighted by molar-refractivity contribution is 0.194. The Morgan fingerprint density at radius 2 is 1.89 bits per heavy atom. The van der Waals surface area contributed by atoms with Gasteiger partial charge >= 0.3 is 0 Å². The average Bonchev–Trinajstić information content (AvgIpc) is 1.63. The van der Waals surface area contributed by atoms with Gasteiger partial charge in [0.1, 0.15) is 0 Å². The molecule has 0 fully saturated rings. The minimum absolute atomic E-state index is 0.116. The average molecular weight is 132 g/mol. The molecule has 2 heteroatoms. The van der Waals surface area contributed by atoms with E-state index in [0.29, 0.717) is 0 Å². The molecule has 0 unspecified atom stereocenters. The maximum atomic E-state index is 11.6. The van der Waals surface area contributed by atoms with Gasteiger partial charge in [-0.3, -0.25) is 0 Å². The van der Waals surface area contributed by atoms with Crippen LogP contribution in [0.25, 0.3) is 0 Å². The maximum absolute atomic E-state index is 11.6. The summed E-state index contributed by atoms with van der Waals surface area (Å²) in [6.07, 6.45) is -1.04. The van der Waals surface area contributed by atoms with Gasteiger partial charge in [0.05, 0.1) is 0 Å². The van der Waals surface area contributed by atoms with Crippen molar-refractivity contribution in [3.8, 4) is 0 Å². The van der Waals surface area contributed by atoms with Gasteiger partial charge < -0.3 is 0 Å². The van der Waals surface area contributed by atoms with Crippen molar-refractivity contribution in [2.75, 3.05) is 0 Å². The van der Waals surface area contributed by atoms with Gasteiger partial charge in [-0.05, 0) is 13.8 Å². The summed E-state index contributed by atoms with van der Waals surface area (Å²) in [7, 11) is 0. The summed E-state index contributed by atoms with van der Waals surface area (Å²) in [6.45, 7) is 6.68. The Bertz CT molecular complexity index is 130. The molecule has 0 rings (SSSR count). The van der Waals surface area contributed by atoms with Crippen LogP contribution in [0.2, 0.25) is 0 Å². The van der Waals surface area contributed by atoms with Crippen molar-refractivity contribution in [3.05, 3.63) is 23.8 Å². The number of halogens is 2. The monoisotopic (exact) mass is 132 g/mol. The molecule has 0 aliphatic rings. The first-order valence-electron chi connectivity index (χ1n) is 2.66.